The van der Waals surface area contributed by atoms with Gasteiger partial charge in [0.05, 0.1) is 13.7 Å². The number of hydrogen-bond acceptors (Lipinski definition) is 2. The van der Waals surface area contributed by atoms with Crippen LogP contribution in [0.15, 0.2) is 30.3 Å². The SMILES string of the molecule is COC(=O)N(C#CC#C[Si](C)(C)C)Cc1ccccc1. The topological polar surface area (TPSA) is 29.5 Å². The molecule has 3 nitrogen and oxygen atoms in total. The lowest BCUT2D eigenvalue weighted by molar-refractivity contribution is 0.141. The highest BCUT2D eigenvalue weighted by atomic mass is 28.3. The molecule has 0 aliphatic carbocycles. The number of methoxy groups -OCH3 is 1. The van der Waals surface area contributed by atoms with Crippen molar-refractivity contribution in [2.75, 3.05) is 7.11 Å². The summed E-state index contributed by atoms with van der Waals surface area (Å²) in [7, 11) is -0.0941. The lowest BCUT2D eigenvalue weighted by atomic mass is 10.2. The van der Waals surface area contributed by atoms with E-state index in [2.05, 4.69) is 43.1 Å². The third-order valence-electron chi connectivity index (χ3n) is 2.27. The number of amides is 1. The molecule has 1 rings (SSSR count). The first-order valence-corrected chi connectivity index (χ1v) is 9.84. The van der Waals surface area contributed by atoms with Crippen LogP contribution in [0.25, 0.3) is 0 Å². The zero-order valence-corrected chi connectivity index (χ0v) is 13.4. The Hall–Kier alpha value is -2.17. The number of carbonyl (C=O) groups is 1. The number of benzene rings is 1. The Morgan fingerprint density at radius 2 is 1.85 bits per heavy atom. The van der Waals surface area contributed by atoms with Crippen molar-refractivity contribution in [3.05, 3.63) is 35.9 Å². The van der Waals surface area contributed by atoms with E-state index in [-0.39, 0.29) is 0 Å². The summed E-state index contributed by atoms with van der Waals surface area (Å²) in [6, 6.07) is 12.4. The van der Waals surface area contributed by atoms with Crippen LogP contribution in [0, 0.1) is 23.4 Å². The third-order valence-corrected chi connectivity index (χ3v) is 3.14. The Labute approximate surface area is 121 Å². The summed E-state index contributed by atoms with van der Waals surface area (Å²) >= 11 is 0. The highest BCUT2D eigenvalue weighted by Gasteiger charge is 2.11. The average Bonchev–Trinajstić information content (AvgIpc) is 2.41. The van der Waals surface area contributed by atoms with Gasteiger partial charge < -0.3 is 4.74 Å². The Balaban J connectivity index is 2.83. The van der Waals surface area contributed by atoms with Gasteiger partial charge in [0.1, 0.15) is 8.07 Å². The van der Waals surface area contributed by atoms with Crippen LogP contribution < -0.4 is 0 Å². The Kier molecular flexibility index (Phi) is 5.90. The van der Waals surface area contributed by atoms with E-state index in [1.807, 2.05) is 30.3 Å². The molecule has 0 saturated heterocycles. The van der Waals surface area contributed by atoms with Crippen LogP contribution in [0.5, 0.6) is 0 Å². The smallest absolute Gasteiger partial charge is 0.421 e. The molecule has 1 aromatic rings. The first-order valence-electron chi connectivity index (χ1n) is 6.34. The molecule has 0 aromatic heterocycles. The van der Waals surface area contributed by atoms with Crippen LogP contribution in [-0.4, -0.2) is 26.2 Å². The molecule has 104 valence electrons. The number of carbonyl (C=O) groups excluding carboxylic acids is 1. The van der Waals surface area contributed by atoms with Crippen LogP contribution in [0.2, 0.25) is 19.6 Å². The van der Waals surface area contributed by atoms with E-state index in [0.717, 1.165) is 5.56 Å². The minimum atomic E-state index is -1.44. The molecule has 0 aliphatic rings. The molecule has 20 heavy (non-hydrogen) atoms. The monoisotopic (exact) mass is 285 g/mol. The summed E-state index contributed by atoms with van der Waals surface area (Å²) in [5.41, 5.74) is 4.13. The van der Waals surface area contributed by atoms with Crippen molar-refractivity contribution < 1.29 is 9.53 Å². The summed E-state index contributed by atoms with van der Waals surface area (Å²) in [4.78, 5) is 13.0. The lowest BCUT2D eigenvalue weighted by Crippen LogP contribution is -2.25. The van der Waals surface area contributed by atoms with Crippen LogP contribution >= 0.6 is 0 Å². The van der Waals surface area contributed by atoms with Crippen molar-refractivity contribution >= 4 is 14.2 Å². The van der Waals surface area contributed by atoms with Crippen LogP contribution in [-0.2, 0) is 11.3 Å². The normalized spacial score (nSPS) is 9.60. The predicted molar refractivity (Wildman–Crippen MR) is 83.3 cm³/mol. The van der Waals surface area contributed by atoms with Gasteiger partial charge in [0.25, 0.3) is 0 Å². The van der Waals surface area contributed by atoms with Gasteiger partial charge in [0.15, 0.2) is 0 Å². The molecule has 0 atom stereocenters. The minimum absolute atomic E-state index is 0.384. The van der Waals surface area contributed by atoms with Crippen molar-refractivity contribution in [3.63, 3.8) is 0 Å². The summed E-state index contributed by atoms with van der Waals surface area (Å²) in [6.45, 7) is 6.81. The van der Waals surface area contributed by atoms with E-state index in [9.17, 15) is 4.79 Å². The van der Waals surface area contributed by atoms with E-state index in [1.54, 1.807) is 0 Å². The van der Waals surface area contributed by atoms with E-state index in [4.69, 9.17) is 4.74 Å². The molecule has 0 N–H and O–H groups in total. The van der Waals surface area contributed by atoms with Gasteiger partial charge in [-0.3, -0.25) is 0 Å². The van der Waals surface area contributed by atoms with Gasteiger partial charge in [-0.15, -0.1) is 5.54 Å². The highest BCUT2D eigenvalue weighted by Crippen LogP contribution is 2.04. The van der Waals surface area contributed by atoms with Crippen LogP contribution in [0.4, 0.5) is 4.79 Å². The van der Waals surface area contributed by atoms with Crippen molar-refractivity contribution in [1.82, 2.24) is 4.90 Å². The summed E-state index contributed by atoms with van der Waals surface area (Å²) in [5, 5.41) is 0. The second-order valence-electron chi connectivity index (χ2n) is 5.28. The van der Waals surface area contributed by atoms with Crippen molar-refractivity contribution in [2.45, 2.75) is 26.2 Å². The summed E-state index contributed by atoms with van der Waals surface area (Å²) in [5.74, 6) is 5.55. The highest BCUT2D eigenvalue weighted by molar-refractivity contribution is 6.83. The standard InChI is InChI=1S/C16H19NO2Si/c1-19-16(18)17(12-8-9-13-20(2,3)4)14-15-10-6-5-7-11-15/h5-7,10-11H,14H2,1-4H3. The first kappa shape index (κ1) is 15.9. The molecule has 0 bridgehead atoms. The molecule has 0 unspecified atom stereocenters. The molecule has 0 aliphatic heterocycles. The zero-order valence-electron chi connectivity index (χ0n) is 12.4. The van der Waals surface area contributed by atoms with Crippen molar-refractivity contribution in [1.29, 1.82) is 0 Å². The number of rotatable bonds is 2. The molecule has 0 radical (unpaired) electrons. The van der Waals surface area contributed by atoms with Gasteiger partial charge in [0.2, 0.25) is 0 Å². The van der Waals surface area contributed by atoms with E-state index >= 15 is 0 Å². The van der Waals surface area contributed by atoms with E-state index in [0.29, 0.717) is 6.54 Å². The van der Waals surface area contributed by atoms with Crippen LogP contribution in [0.1, 0.15) is 5.56 Å². The molecular formula is C16H19NO2Si. The molecule has 0 saturated carbocycles. The maximum absolute atomic E-state index is 11.7. The fourth-order valence-corrected chi connectivity index (χ4v) is 1.78. The molecule has 0 spiro atoms. The number of ether oxygens (including phenoxy) is 1. The minimum Gasteiger partial charge on any atom is -0.452 e. The largest absolute Gasteiger partial charge is 0.452 e. The fourth-order valence-electron chi connectivity index (χ4n) is 1.34. The Bertz CT molecular complexity index is 568. The Morgan fingerprint density at radius 1 is 1.20 bits per heavy atom. The summed E-state index contributed by atoms with van der Waals surface area (Å²) in [6.07, 6.45) is -0.476. The lowest BCUT2D eigenvalue weighted by Gasteiger charge is -2.13. The van der Waals surface area contributed by atoms with Crippen molar-refractivity contribution in [2.24, 2.45) is 0 Å². The molecule has 1 aromatic carbocycles. The molecule has 4 heteroatoms. The van der Waals surface area contributed by atoms with Gasteiger partial charge in [0, 0.05) is 12.0 Å². The van der Waals surface area contributed by atoms with Gasteiger partial charge in [-0.1, -0.05) is 50.0 Å². The maximum atomic E-state index is 11.7. The fraction of sp³-hybridized carbons (Fsp3) is 0.312. The maximum Gasteiger partial charge on any atom is 0.421 e. The molecule has 0 heterocycles. The van der Waals surface area contributed by atoms with Crippen molar-refractivity contribution in [3.8, 4) is 23.4 Å². The molecule has 0 fully saturated rings. The Morgan fingerprint density at radius 3 is 2.40 bits per heavy atom. The molecule has 1 amide bonds. The average molecular weight is 285 g/mol. The first-order chi connectivity index (χ1) is 9.42. The van der Waals surface area contributed by atoms with Gasteiger partial charge >= 0.3 is 6.09 Å². The van der Waals surface area contributed by atoms with Crippen LogP contribution in [0.3, 0.4) is 0 Å². The van der Waals surface area contributed by atoms with E-state index < -0.39 is 14.2 Å². The van der Waals surface area contributed by atoms with Gasteiger partial charge in [-0.25, -0.2) is 9.69 Å². The second-order valence-corrected chi connectivity index (χ2v) is 10.0. The summed E-state index contributed by atoms with van der Waals surface area (Å²) < 4.78 is 4.73. The van der Waals surface area contributed by atoms with Gasteiger partial charge in [-0.2, -0.15) is 0 Å². The second kappa shape index (κ2) is 7.42. The third kappa shape index (κ3) is 6.13. The number of hydrogen-bond donors (Lipinski definition) is 0. The zero-order chi connectivity index (χ0) is 15.0. The predicted octanol–water partition coefficient (Wildman–Crippen LogP) is 3.10. The number of nitrogens with zero attached hydrogens (tertiary/aromatic N) is 1. The van der Waals surface area contributed by atoms with Gasteiger partial charge in [-0.05, 0) is 11.5 Å². The molecular weight excluding hydrogens is 266 g/mol. The van der Waals surface area contributed by atoms with E-state index in [1.165, 1.54) is 12.0 Å². The quantitative estimate of drug-likeness (QED) is 0.475.